The van der Waals surface area contributed by atoms with Crippen LogP contribution in [0.2, 0.25) is 5.02 Å². The molecule has 0 saturated heterocycles. The number of carbonyl (C=O) groups is 2. The maximum atomic E-state index is 15.4. The number of carbonyl (C=O) groups excluding carboxylic acids is 2. The highest BCUT2D eigenvalue weighted by Gasteiger charge is 2.46. The summed E-state index contributed by atoms with van der Waals surface area (Å²) >= 11 is 6.04. The number of rotatable bonds is 9. The number of aliphatic hydroxyl groups is 1. The van der Waals surface area contributed by atoms with Crippen LogP contribution in [0.15, 0.2) is 93.8 Å². The molecule has 0 fully saturated rings. The van der Waals surface area contributed by atoms with Gasteiger partial charge in [0.1, 0.15) is 51.7 Å². The molecule has 278 valence electrons. The number of nitrogens with one attached hydrogen (secondary N) is 1. The Balaban J connectivity index is 1.15. The number of hydrogen-bond acceptors (Lipinski definition) is 9. The highest BCUT2D eigenvalue weighted by molar-refractivity contribution is 6.31. The molecule has 2 atom stereocenters. The van der Waals surface area contributed by atoms with Crippen LogP contribution >= 0.6 is 11.6 Å². The second-order valence-corrected chi connectivity index (χ2v) is 13.5. The summed E-state index contributed by atoms with van der Waals surface area (Å²) in [6, 6.07) is 20.2. The number of alkyl halides is 2. The largest absolute Gasteiger partial charge is 0.489 e. The molecule has 1 aliphatic rings. The smallest absolute Gasteiger partial charge is 0.313 e. The first-order valence-electron chi connectivity index (χ1n) is 16.5. The zero-order valence-electron chi connectivity index (χ0n) is 28.4. The minimum absolute atomic E-state index is 0.00976. The zero-order chi connectivity index (χ0) is 38.8. The molecule has 4 heterocycles. The molecular weight excluding hydrogens is 746 g/mol. The molecule has 11 nitrogen and oxygen atoms in total. The molecule has 0 unspecified atom stereocenters. The fraction of sp³-hybridized carbons (Fsp3) is 0.154. The number of pyridine rings is 1. The number of ether oxygens (including phenoxy) is 1. The van der Waals surface area contributed by atoms with Gasteiger partial charge < -0.3 is 29.7 Å². The summed E-state index contributed by atoms with van der Waals surface area (Å²) in [7, 11) is 0. The fourth-order valence-electron chi connectivity index (χ4n) is 6.41. The monoisotopic (exact) mass is 771 g/mol. The Morgan fingerprint density at radius 2 is 1.67 bits per heavy atom. The highest BCUT2D eigenvalue weighted by atomic mass is 35.5. The van der Waals surface area contributed by atoms with Crippen molar-refractivity contribution >= 4 is 45.6 Å². The third-order valence-electron chi connectivity index (χ3n) is 9.55. The maximum Gasteiger partial charge on any atom is 0.313 e. The van der Waals surface area contributed by atoms with Crippen LogP contribution < -0.4 is 15.8 Å². The van der Waals surface area contributed by atoms with Crippen molar-refractivity contribution in [1.29, 1.82) is 0 Å². The average molecular weight is 772 g/mol. The minimum atomic E-state index is -2.88. The van der Waals surface area contributed by atoms with E-state index in [1.165, 1.54) is 37.3 Å². The average Bonchev–Trinajstić information content (AvgIpc) is 3.90. The van der Waals surface area contributed by atoms with Crippen molar-refractivity contribution in [2.75, 3.05) is 13.2 Å². The maximum absolute atomic E-state index is 15.4. The van der Waals surface area contributed by atoms with Gasteiger partial charge in [0, 0.05) is 28.3 Å². The Bertz CT molecular complexity index is 2690. The highest BCUT2D eigenvalue weighted by Crippen LogP contribution is 2.47. The van der Waals surface area contributed by atoms with Gasteiger partial charge in [0.15, 0.2) is 11.2 Å². The standard InChI is InChI=1S/C39H26ClF4N5O6/c1-38(37(45)51)17-53-32-22(38)14-30(49-31(32)21-13-23(40)25(42)15-24(21)41)39(52,20-5-3-2-4-6-20)16-46-34(50)18-7-9-26-28(11-18)54-35(47-26)19-8-10-27-29(12-19)55-36(48-27)33(43)44/h2-15,33,52H,16-17H2,1H3,(H2,45,51)(H,46,50)/t38-,39+/m0/s1. The van der Waals surface area contributed by atoms with Gasteiger partial charge in [-0.2, -0.15) is 8.78 Å². The quantitative estimate of drug-likeness (QED) is 0.100. The third kappa shape index (κ3) is 6.10. The van der Waals surface area contributed by atoms with E-state index in [-0.39, 0.29) is 68.6 Å². The predicted molar refractivity (Wildman–Crippen MR) is 190 cm³/mol. The van der Waals surface area contributed by atoms with Crippen molar-refractivity contribution in [3.63, 3.8) is 0 Å². The molecular formula is C39H26ClF4N5O6. The number of benzene rings is 4. The van der Waals surface area contributed by atoms with Crippen LogP contribution in [0.25, 0.3) is 44.9 Å². The molecule has 4 aromatic carbocycles. The van der Waals surface area contributed by atoms with Gasteiger partial charge in [0.2, 0.25) is 11.8 Å². The number of halogens is 5. The molecule has 16 heteroatoms. The molecule has 0 aliphatic carbocycles. The molecule has 0 radical (unpaired) electrons. The van der Waals surface area contributed by atoms with Crippen LogP contribution in [-0.2, 0) is 15.8 Å². The van der Waals surface area contributed by atoms with Gasteiger partial charge in [-0.3, -0.25) is 9.59 Å². The Hall–Kier alpha value is -6.32. The first kappa shape index (κ1) is 35.7. The fourth-order valence-corrected chi connectivity index (χ4v) is 6.57. The lowest BCUT2D eigenvalue weighted by molar-refractivity contribution is -0.123. The summed E-state index contributed by atoms with van der Waals surface area (Å²) in [5.74, 6) is -4.05. The number of oxazole rings is 2. The lowest BCUT2D eigenvalue weighted by atomic mass is 9.80. The van der Waals surface area contributed by atoms with Crippen molar-refractivity contribution in [3.8, 4) is 28.5 Å². The summed E-state index contributed by atoms with van der Waals surface area (Å²) in [6.45, 7) is 0.805. The van der Waals surface area contributed by atoms with Crippen LogP contribution in [-0.4, -0.2) is 45.0 Å². The Morgan fingerprint density at radius 1 is 0.945 bits per heavy atom. The molecule has 1 aliphatic heterocycles. The molecule has 55 heavy (non-hydrogen) atoms. The second-order valence-electron chi connectivity index (χ2n) is 13.1. The van der Waals surface area contributed by atoms with Gasteiger partial charge in [-0.05, 0) is 61.0 Å². The molecule has 4 N–H and O–H groups in total. The van der Waals surface area contributed by atoms with Crippen molar-refractivity contribution < 1.29 is 45.8 Å². The van der Waals surface area contributed by atoms with Gasteiger partial charge in [0.05, 0.1) is 17.3 Å². The van der Waals surface area contributed by atoms with Crippen molar-refractivity contribution in [1.82, 2.24) is 20.3 Å². The first-order valence-corrected chi connectivity index (χ1v) is 16.9. The third-order valence-corrected chi connectivity index (χ3v) is 9.84. The number of hydrogen-bond donors (Lipinski definition) is 3. The summed E-state index contributed by atoms with van der Waals surface area (Å²) in [6.07, 6.45) is -2.88. The molecule has 0 spiro atoms. The lowest BCUT2D eigenvalue weighted by Gasteiger charge is -2.30. The predicted octanol–water partition coefficient (Wildman–Crippen LogP) is 7.37. The topological polar surface area (TPSA) is 167 Å². The second kappa shape index (κ2) is 13.2. The van der Waals surface area contributed by atoms with Crippen LogP contribution in [0.5, 0.6) is 5.75 Å². The van der Waals surface area contributed by atoms with E-state index >= 15 is 4.39 Å². The number of fused-ring (bicyclic) bond motifs is 3. The number of aromatic nitrogens is 3. The van der Waals surface area contributed by atoms with E-state index in [2.05, 4.69) is 20.3 Å². The number of nitrogens with zero attached hydrogens (tertiary/aromatic N) is 3. The number of primary amides is 1. The Kier molecular flexibility index (Phi) is 8.57. The van der Waals surface area contributed by atoms with Gasteiger partial charge in [-0.1, -0.05) is 41.9 Å². The summed E-state index contributed by atoms with van der Waals surface area (Å²) in [4.78, 5) is 39.3. The van der Waals surface area contributed by atoms with Crippen molar-refractivity contribution in [2.24, 2.45) is 5.73 Å². The Morgan fingerprint density at radius 3 is 2.42 bits per heavy atom. The summed E-state index contributed by atoms with van der Waals surface area (Å²) < 4.78 is 72.7. The molecule has 0 bridgehead atoms. The van der Waals surface area contributed by atoms with E-state index in [1.54, 1.807) is 42.5 Å². The molecule has 0 saturated carbocycles. The van der Waals surface area contributed by atoms with Crippen molar-refractivity contribution in [3.05, 3.63) is 130 Å². The number of amides is 2. The van der Waals surface area contributed by atoms with E-state index in [1.807, 2.05) is 0 Å². The minimum Gasteiger partial charge on any atom is -0.489 e. The molecule has 8 rings (SSSR count). The SMILES string of the molecule is C[C@]1(C(N)=O)COc2c1cc([C@@](O)(CNC(=O)c1ccc3nc(-c4ccc5nc(C(F)F)oc5c4)oc3c1)c1ccccc1)nc2-c1cc(Cl)c(F)cc1F. The Labute approximate surface area is 312 Å². The van der Waals surface area contributed by atoms with Crippen LogP contribution in [0.1, 0.15) is 46.4 Å². The van der Waals surface area contributed by atoms with E-state index < -0.39 is 58.3 Å². The van der Waals surface area contributed by atoms with Gasteiger partial charge in [-0.25, -0.2) is 23.7 Å². The van der Waals surface area contributed by atoms with E-state index in [4.69, 9.17) is 30.9 Å². The molecule has 3 aromatic heterocycles. The van der Waals surface area contributed by atoms with Gasteiger partial charge >= 0.3 is 6.43 Å². The van der Waals surface area contributed by atoms with Gasteiger partial charge in [0.25, 0.3) is 11.8 Å². The zero-order valence-corrected chi connectivity index (χ0v) is 29.1. The van der Waals surface area contributed by atoms with Crippen LogP contribution in [0.4, 0.5) is 17.6 Å². The van der Waals surface area contributed by atoms with Crippen LogP contribution in [0, 0.1) is 11.6 Å². The van der Waals surface area contributed by atoms with E-state index in [0.717, 1.165) is 6.07 Å². The van der Waals surface area contributed by atoms with Crippen LogP contribution in [0.3, 0.4) is 0 Å². The molecule has 7 aromatic rings. The van der Waals surface area contributed by atoms with E-state index in [9.17, 15) is 27.9 Å². The van der Waals surface area contributed by atoms with E-state index in [0.29, 0.717) is 17.1 Å². The first-order chi connectivity index (χ1) is 26.2. The molecule has 2 amide bonds. The summed E-state index contributed by atoms with van der Waals surface area (Å²) in [5.41, 5.74) is 3.64. The summed E-state index contributed by atoms with van der Waals surface area (Å²) in [5, 5.41) is 14.9. The number of nitrogens with two attached hydrogens (primary N) is 1. The lowest BCUT2D eigenvalue weighted by Crippen LogP contribution is -2.43. The normalized spacial score (nSPS) is 16.3. The van der Waals surface area contributed by atoms with Gasteiger partial charge in [-0.15, -0.1) is 0 Å². The van der Waals surface area contributed by atoms with Crippen molar-refractivity contribution in [2.45, 2.75) is 24.4 Å².